The van der Waals surface area contributed by atoms with Gasteiger partial charge in [0.05, 0.1) is 17.9 Å². The number of carbonyl (C=O) groups is 1. The summed E-state index contributed by atoms with van der Waals surface area (Å²) in [5, 5.41) is 5.94. The summed E-state index contributed by atoms with van der Waals surface area (Å²) in [6, 6.07) is 11.5. The minimum absolute atomic E-state index is 0.0615. The third-order valence-electron chi connectivity index (χ3n) is 3.67. The number of H-pyrrole nitrogens is 1. The first-order chi connectivity index (χ1) is 12.2. The van der Waals surface area contributed by atoms with Crippen molar-refractivity contribution in [2.45, 2.75) is 19.4 Å². The Morgan fingerprint density at radius 1 is 1.12 bits per heavy atom. The van der Waals surface area contributed by atoms with Gasteiger partial charge in [0.15, 0.2) is 0 Å². The van der Waals surface area contributed by atoms with Crippen LogP contribution in [0.2, 0.25) is 0 Å². The van der Waals surface area contributed by atoms with Crippen LogP contribution in [0, 0.1) is 0 Å². The smallest absolute Gasteiger partial charge is 0.222 e. The van der Waals surface area contributed by atoms with Crippen LogP contribution in [0.4, 0.5) is 5.95 Å². The van der Waals surface area contributed by atoms with Crippen molar-refractivity contribution in [3.05, 3.63) is 60.8 Å². The van der Waals surface area contributed by atoms with Gasteiger partial charge in [0.1, 0.15) is 5.82 Å². The molecular weight excluding hydrogens is 316 g/mol. The molecule has 0 aliphatic rings. The molecule has 3 aromatic rings. The molecule has 3 rings (SSSR count). The molecule has 25 heavy (non-hydrogen) atoms. The maximum atomic E-state index is 12.1. The molecule has 2 aromatic heterocycles. The highest BCUT2D eigenvalue weighted by atomic mass is 16.1. The van der Waals surface area contributed by atoms with Gasteiger partial charge >= 0.3 is 0 Å². The topological polar surface area (TPSA) is 95.6 Å². The largest absolute Gasteiger partial charge is 0.354 e. The summed E-state index contributed by atoms with van der Waals surface area (Å²) in [4.78, 5) is 27.8. The number of benzene rings is 1. The van der Waals surface area contributed by atoms with Crippen molar-refractivity contribution in [2.24, 2.45) is 0 Å². The molecule has 1 amide bonds. The normalized spacial score (nSPS) is 11.7. The maximum absolute atomic E-state index is 12.1. The predicted molar refractivity (Wildman–Crippen MR) is 95.7 cm³/mol. The van der Waals surface area contributed by atoms with Gasteiger partial charge in [0.2, 0.25) is 11.9 Å². The maximum Gasteiger partial charge on any atom is 0.222 e. The number of aromatic nitrogens is 4. The number of nitrogens with zero attached hydrogens (tertiary/aromatic N) is 3. The van der Waals surface area contributed by atoms with E-state index in [9.17, 15) is 4.79 Å². The monoisotopic (exact) mass is 336 g/mol. The van der Waals surface area contributed by atoms with Crippen molar-refractivity contribution in [3.8, 4) is 11.3 Å². The minimum Gasteiger partial charge on any atom is -0.354 e. The van der Waals surface area contributed by atoms with Gasteiger partial charge < -0.3 is 15.6 Å². The molecule has 7 heteroatoms. The van der Waals surface area contributed by atoms with Gasteiger partial charge in [0.25, 0.3) is 0 Å². The first kappa shape index (κ1) is 16.6. The molecule has 0 fully saturated rings. The summed E-state index contributed by atoms with van der Waals surface area (Å²) in [7, 11) is 0. The second-order valence-corrected chi connectivity index (χ2v) is 5.59. The van der Waals surface area contributed by atoms with E-state index in [0.29, 0.717) is 18.9 Å². The number of carbonyl (C=O) groups excluding carboxylic acids is 1. The van der Waals surface area contributed by atoms with E-state index in [1.807, 2.05) is 37.3 Å². The first-order valence-electron chi connectivity index (χ1n) is 8.13. The van der Waals surface area contributed by atoms with E-state index in [-0.39, 0.29) is 11.9 Å². The number of amides is 1. The number of imidazole rings is 1. The van der Waals surface area contributed by atoms with Crippen molar-refractivity contribution in [1.29, 1.82) is 0 Å². The molecule has 0 unspecified atom stereocenters. The Morgan fingerprint density at radius 2 is 1.88 bits per heavy atom. The van der Waals surface area contributed by atoms with Crippen molar-refractivity contribution in [1.82, 2.24) is 25.3 Å². The van der Waals surface area contributed by atoms with Gasteiger partial charge in [-0.25, -0.2) is 15.0 Å². The molecule has 1 aromatic carbocycles. The molecule has 128 valence electrons. The van der Waals surface area contributed by atoms with E-state index in [4.69, 9.17) is 0 Å². The standard InChI is InChI=1S/C18H20N6O/c1-13(17-22-12-15(24-17)14-6-3-2-4-7-14)23-16(25)8-11-21-18-19-9-5-10-20-18/h2-7,9-10,12-13H,8,11H2,1H3,(H,22,24)(H,23,25)(H,19,20,21)/t13-/m1/s1. The van der Waals surface area contributed by atoms with Crippen molar-refractivity contribution in [3.63, 3.8) is 0 Å². The third-order valence-corrected chi connectivity index (χ3v) is 3.67. The molecule has 1 atom stereocenters. The van der Waals surface area contributed by atoms with Crippen LogP contribution in [0.5, 0.6) is 0 Å². The summed E-state index contributed by atoms with van der Waals surface area (Å²) in [5.41, 5.74) is 1.99. The number of anilines is 1. The molecular formula is C18H20N6O. The number of nitrogens with one attached hydrogen (secondary N) is 3. The molecule has 3 N–H and O–H groups in total. The zero-order valence-corrected chi connectivity index (χ0v) is 13.9. The molecule has 7 nitrogen and oxygen atoms in total. The molecule has 0 saturated heterocycles. The summed E-state index contributed by atoms with van der Waals surface area (Å²) >= 11 is 0. The van der Waals surface area contributed by atoms with Crippen molar-refractivity contribution in [2.75, 3.05) is 11.9 Å². The summed E-state index contributed by atoms with van der Waals surface area (Å²) in [6.07, 6.45) is 5.41. The van der Waals surface area contributed by atoms with Gasteiger partial charge in [-0.05, 0) is 18.6 Å². The molecule has 0 bridgehead atoms. The highest BCUT2D eigenvalue weighted by Gasteiger charge is 2.13. The van der Waals surface area contributed by atoms with Crippen LogP contribution in [-0.4, -0.2) is 32.4 Å². The van der Waals surface area contributed by atoms with Crippen molar-refractivity contribution < 1.29 is 4.79 Å². The Bertz CT molecular complexity index is 803. The zero-order chi connectivity index (χ0) is 17.5. The Morgan fingerprint density at radius 3 is 2.64 bits per heavy atom. The lowest BCUT2D eigenvalue weighted by Crippen LogP contribution is -2.28. The zero-order valence-electron chi connectivity index (χ0n) is 13.9. The fraction of sp³-hybridized carbons (Fsp3) is 0.222. The fourth-order valence-corrected chi connectivity index (χ4v) is 2.38. The van der Waals surface area contributed by atoms with Gasteiger partial charge in [-0.2, -0.15) is 0 Å². The van der Waals surface area contributed by atoms with Crippen LogP contribution in [0.15, 0.2) is 55.0 Å². The highest BCUT2D eigenvalue weighted by molar-refractivity contribution is 5.76. The number of rotatable bonds is 7. The summed E-state index contributed by atoms with van der Waals surface area (Å²) in [6.45, 7) is 2.37. The first-order valence-corrected chi connectivity index (χ1v) is 8.13. The number of hydrogen-bond donors (Lipinski definition) is 3. The minimum atomic E-state index is -0.196. The van der Waals surface area contributed by atoms with E-state index in [1.165, 1.54) is 0 Å². The average molecular weight is 336 g/mol. The van der Waals surface area contributed by atoms with E-state index < -0.39 is 0 Å². The van der Waals surface area contributed by atoms with Gasteiger partial charge in [-0.1, -0.05) is 30.3 Å². The third kappa shape index (κ3) is 4.63. The predicted octanol–water partition coefficient (Wildman–Crippen LogP) is 2.55. The molecule has 0 aliphatic heterocycles. The van der Waals surface area contributed by atoms with Gasteiger partial charge in [-0.3, -0.25) is 4.79 Å². The Kier molecular flexibility index (Phi) is 5.36. The molecule has 0 radical (unpaired) electrons. The number of aromatic amines is 1. The van der Waals surface area contributed by atoms with Crippen LogP contribution in [0.25, 0.3) is 11.3 Å². The molecule has 0 saturated carbocycles. The Balaban J connectivity index is 1.49. The van der Waals surface area contributed by atoms with E-state index in [0.717, 1.165) is 17.1 Å². The van der Waals surface area contributed by atoms with E-state index in [1.54, 1.807) is 24.7 Å². The van der Waals surface area contributed by atoms with Crippen LogP contribution in [-0.2, 0) is 4.79 Å². The van der Waals surface area contributed by atoms with Gasteiger partial charge in [-0.15, -0.1) is 0 Å². The van der Waals surface area contributed by atoms with Crippen LogP contribution in [0.1, 0.15) is 25.2 Å². The summed E-state index contributed by atoms with van der Waals surface area (Å²) < 4.78 is 0. The fourth-order valence-electron chi connectivity index (χ4n) is 2.38. The van der Waals surface area contributed by atoms with E-state index >= 15 is 0 Å². The lowest BCUT2D eigenvalue weighted by Gasteiger charge is -2.12. The molecule has 0 aliphatic carbocycles. The Hall–Kier alpha value is -3.22. The lowest BCUT2D eigenvalue weighted by molar-refractivity contribution is -0.121. The highest BCUT2D eigenvalue weighted by Crippen LogP contribution is 2.18. The van der Waals surface area contributed by atoms with Crippen LogP contribution in [0.3, 0.4) is 0 Å². The van der Waals surface area contributed by atoms with Crippen LogP contribution >= 0.6 is 0 Å². The average Bonchev–Trinajstić information content (AvgIpc) is 3.14. The van der Waals surface area contributed by atoms with Gasteiger partial charge in [0, 0.05) is 25.4 Å². The second-order valence-electron chi connectivity index (χ2n) is 5.59. The summed E-state index contributed by atoms with van der Waals surface area (Å²) in [5.74, 6) is 1.18. The second kappa shape index (κ2) is 8.05. The Labute approximate surface area is 145 Å². The number of hydrogen-bond acceptors (Lipinski definition) is 5. The SMILES string of the molecule is C[C@@H](NC(=O)CCNc1ncccn1)c1ncc(-c2ccccc2)[nH]1. The molecule has 2 heterocycles. The van der Waals surface area contributed by atoms with E-state index in [2.05, 4.69) is 30.6 Å². The lowest BCUT2D eigenvalue weighted by atomic mass is 10.2. The molecule has 0 spiro atoms. The van der Waals surface area contributed by atoms with Crippen LogP contribution < -0.4 is 10.6 Å². The van der Waals surface area contributed by atoms with Crippen molar-refractivity contribution >= 4 is 11.9 Å². The quantitative estimate of drug-likeness (QED) is 0.616.